The number of hydrogen-bond donors (Lipinski definition) is 1. The third-order valence-electron chi connectivity index (χ3n) is 4.04. The van der Waals surface area contributed by atoms with Gasteiger partial charge in [-0.05, 0) is 25.0 Å². The monoisotopic (exact) mass is 309 g/mol. The standard InChI is InChI=1S/C16H19N7/c1-12-10-19-4-3-14(12)22-5-2-6-23(8-7-22)16-20-11-13(9-17)15(18)21-16/h3-4,10-11H,2,5-8H2,1H3,(H2,18,20,21). The zero-order chi connectivity index (χ0) is 16.2. The molecule has 0 aromatic carbocycles. The van der Waals surface area contributed by atoms with Crippen molar-refractivity contribution in [1.29, 1.82) is 5.26 Å². The zero-order valence-corrected chi connectivity index (χ0v) is 13.1. The van der Waals surface area contributed by atoms with Crippen LogP contribution in [0.5, 0.6) is 0 Å². The number of nitrogens with zero attached hydrogens (tertiary/aromatic N) is 6. The van der Waals surface area contributed by atoms with Crippen molar-refractivity contribution in [3.8, 4) is 6.07 Å². The van der Waals surface area contributed by atoms with E-state index in [0.29, 0.717) is 11.5 Å². The lowest BCUT2D eigenvalue weighted by Crippen LogP contribution is -2.32. The van der Waals surface area contributed by atoms with Gasteiger partial charge in [0.2, 0.25) is 5.95 Å². The van der Waals surface area contributed by atoms with E-state index in [9.17, 15) is 0 Å². The van der Waals surface area contributed by atoms with Gasteiger partial charge in [0.1, 0.15) is 17.5 Å². The van der Waals surface area contributed by atoms with Crippen molar-refractivity contribution < 1.29 is 0 Å². The molecule has 2 aromatic heterocycles. The predicted octanol–water partition coefficient (Wildman–Crippen LogP) is 1.35. The first kappa shape index (κ1) is 15.0. The number of aryl methyl sites for hydroxylation is 1. The Balaban J connectivity index is 1.75. The summed E-state index contributed by atoms with van der Waals surface area (Å²) in [5.74, 6) is 0.832. The highest BCUT2D eigenvalue weighted by molar-refractivity contribution is 5.53. The molecule has 23 heavy (non-hydrogen) atoms. The van der Waals surface area contributed by atoms with Crippen LogP contribution >= 0.6 is 0 Å². The molecule has 0 atom stereocenters. The second-order valence-electron chi connectivity index (χ2n) is 5.57. The molecule has 0 bridgehead atoms. The molecular weight excluding hydrogens is 290 g/mol. The van der Waals surface area contributed by atoms with Crippen LogP contribution in [-0.4, -0.2) is 41.1 Å². The Bertz CT molecular complexity index is 737. The van der Waals surface area contributed by atoms with E-state index in [1.54, 1.807) is 0 Å². The molecule has 1 aliphatic heterocycles. The zero-order valence-electron chi connectivity index (χ0n) is 13.1. The van der Waals surface area contributed by atoms with Gasteiger partial charge in [0.25, 0.3) is 0 Å². The molecule has 7 heteroatoms. The Morgan fingerprint density at radius 2 is 1.96 bits per heavy atom. The van der Waals surface area contributed by atoms with Crippen LogP contribution in [0.2, 0.25) is 0 Å². The molecule has 2 aromatic rings. The van der Waals surface area contributed by atoms with Gasteiger partial charge >= 0.3 is 0 Å². The van der Waals surface area contributed by atoms with Crippen molar-refractivity contribution in [2.75, 3.05) is 41.7 Å². The smallest absolute Gasteiger partial charge is 0.227 e. The maximum Gasteiger partial charge on any atom is 0.227 e. The summed E-state index contributed by atoms with van der Waals surface area (Å²) >= 11 is 0. The lowest BCUT2D eigenvalue weighted by molar-refractivity contribution is 0.782. The maximum absolute atomic E-state index is 8.92. The first-order valence-electron chi connectivity index (χ1n) is 7.62. The number of hydrogen-bond acceptors (Lipinski definition) is 7. The van der Waals surface area contributed by atoms with E-state index in [0.717, 1.165) is 32.6 Å². The van der Waals surface area contributed by atoms with Gasteiger partial charge in [-0.3, -0.25) is 4.98 Å². The van der Waals surface area contributed by atoms with Gasteiger partial charge in [-0.25, -0.2) is 4.98 Å². The minimum Gasteiger partial charge on any atom is -0.382 e. The van der Waals surface area contributed by atoms with Crippen LogP contribution in [0.1, 0.15) is 17.5 Å². The number of nitrogens with two attached hydrogens (primary N) is 1. The fraction of sp³-hybridized carbons (Fsp3) is 0.375. The number of nitrogen functional groups attached to an aromatic ring is 1. The van der Waals surface area contributed by atoms with Crippen molar-refractivity contribution >= 4 is 17.5 Å². The molecule has 2 N–H and O–H groups in total. The summed E-state index contributed by atoms with van der Waals surface area (Å²) in [5, 5.41) is 8.92. The van der Waals surface area contributed by atoms with Crippen LogP contribution in [0.4, 0.5) is 17.5 Å². The largest absolute Gasteiger partial charge is 0.382 e. The van der Waals surface area contributed by atoms with Crippen molar-refractivity contribution in [2.45, 2.75) is 13.3 Å². The SMILES string of the molecule is Cc1cnccc1N1CCCN(c2ncc(C#N)c(N)n2)CC1. The first-order chi connectivity index (χ1) is 11.2. The first-order valence-corrected chi connectivity index (χ1v) is 7.62. The van der Waals surface area contributed by atoms with Crippen LogP contribution in [0.25, 0.3) is 0 Å². The lowest BCUT2D eigenvalue weighted by atomic mass is 10.2. The van der Waals surface area contributed by atoms with Crippen molar-refractivity contribution in [2.24, 2.45) is 0 Å². The third-order valence-corrected chi connectivity index (χ3v) is 4.04. The number of anilines is 3. The summed E-state index contributed by atoms with van der Waals surface area (Å²) in [7, 11) is 0. The molecule has 1 fully saturated rings. The van der Waals surface area contributed by atoms with Crippen molar-refractivity contribution in [3.63, 3.8) is 0 Å². The average molecular weight is 309 g/mol. The molecule has 0 saturated carbocycles. The molecule has 1 aliphatic rings. The lowest BCUT2D eigenvalue weighted by Gasteiger charge is -2.25. The van der Waals surface area contributed by atoms with E-state index in [2.05, 4.69) is 37.7 Å². The van der Waals surface area contributed by atoms with E-state index in [1.165, 1.54) is 17.4 Å². The Morgan fingerprint density at radius 3 is 2.70 bits per heavy atom. The molecule has 3 rings (SSSR count). The Kier molecular flexibility index (Phi) is 4.24. The molecule has 0 spiro atoms. The molecule has 0 amide bonds. The van der Waals surface area contributed by atoms with Gasteiger partial charge in [-0.1, -0.05) is 0 Å². The summed E-state index contributed by atoms with van der Waals surface area (Å²) in [6.45, 7) is 5.62. The molecular formula is C16H19N7. The van der Waals surface area contributed by atoms with E-state index in [-0.39, 0.29) is 5.82 Å². The molecule has 0 unspecified atom stereocenters. The summed E-state index contributed by atoms with van der Waals surface area (Å²) in [5.41, 5.74) is 8.52. The molecule has 7 nitrogen and oxygen atoms in total. The molecule has 0 aliphatic carbocycles. The van der Waals surface area contributed by atoms with Gasteiger partial charge in [-0.2, -0.15) is 10.2 Å². The summed E-state index contributed by atoms with van der Waals surface area (Å²) in [4.78, 5) is 17.2. The van der Waals surface area contributed by atoms with Crippen LogP contribution in [0.15, 0.2) is 24.7 Å². The number of pyridine rings is 1. The Labute approximate surface area is 135 Å². The Hall–Kier alpha value is -2.88. The fourth-order valence-electron chi connectivity index (χ4n) is 2.80. The summed E-state index contributed by atoms with van der Waals surface area (Å²) < 4.78 is 0. The van der Waals surface area contributed by atoms with Crippen LogP contribution in [0, 0.1) is 18.3 Å². The number of nitriles is 1. The molecule has 1 saturated heterocycles. The van der Waals surface area contributed by atoms with Crippen molar-refractivity contribution in [1.82, 2.24) is 15.0 Å². The minimum atomic E-state index is 0.239. The van der Waals surface area contributed by atoms with E-state index in [4.69, 9.17) is 11.0 Å². The Morgan fingerprint density at radius 1 is 1.17 bits per heavy atom. The van der Waals surface area contributed by atoms with Gasteiger partial charge in [0.05, 0.1) is 6.20 Å². The number of aromatic nitrogens is 3. The van der Waals surface area contributed by atoms with E-state index >= 15 is 0 Å². The highest BCUT2D eigenvalue weighted by atomic mass is 15.3. The van der Waals surface area contributed by atoms with Gasteiger partial charge < -0.3 is 15.5 Å². The normalized spacial score (nSPS) is 15.1. The summed E-state index contributed by atoms with van der Waals surface area (Å²) in [6, 6.07) is 4.05. The van der Waals surface area contributed by atoms with Crippen LogP contribution in [-0.2, 0) is 0 Å². The second kappa shape index (κ2) is 6.48. The summed E-state index contributed by atoms with van der Waals surface area (Å²) in [6.07, 6.45) is 6.22. The fourth-order valence-corrected chi connectivity index (χ4v) is 2.80. The molecule has 3 heterocycles. The van der Waals surface area contributed by atoms with E-state index < -0.39 is 0 Å². The highest BCUT2D eigenvalue weighted by Crippen LogP contribution is 2.21. The topological polar surface area (TPSA) is 95.0 Å². The second-order valence-corrected chi connectivity index (χ2v) is 5.57. The van der Waals surface area contributed by atoms with Gasteiger partial charge in [-0.15, -0.1) is 0 Å². The number of rotatable bonds is 2. The van der Waals surface area contributed by atoms with E-state index in [1.807, 2.05) is 18.5 Å². The van der Waals surface area contributed by atoms with Crippen LogP contribution < -0.4 is 15.5 Å². The minimum absolute atomic E-state index is 0.239. The van der Waals surface area contributed by atoms with Crippen molar-refractivity contribution in [3.05, 3.63) is 35.8 Å². The average Bonchev–Trinajstić information content (AvgIpc) is 2.81. The quantitative estimate of drug-likeness (QED) is 0.894. The van der Waals surface area contributed by atoms with Gasteiger partial charge in [0, 0.05) is 44.3 Å². The maximum atomic E-state index is 8.92. The molecule has 0 radical (unpaired) electrons. The van der Waals surface area contributed by atoms with Gasteiger partial charge in [0.15, 0.2) is 0 Å². The predicted molar refractivity (Wildman–Crippen MR) is 89.2 cm³/mol. The highest BCUT2D eigenvalue weighted by Gasteiger charge is 2.19. The van der Waals surface area contributed by atoms with Crippen LogP contribution in [0.3, 0.4) is 0 Å². The third kappa shape index (κ3) is 3.16. The molecule has 118 valence electrons.